The Morgan fingerprint density at radius 1 is 0.293 bits per heavy atom. The number of aliphatic hydroxyl groups excluding tert-OH is 9. The van der Waals surface area contributed by atoms with Crippen molar-refractivity contribution >= 4 is 65.0 Å². The van der Waals surface area contributed by atoms with E-state index in [0.29, 0.717) is 82.6 Å². The van der Waals surface area contributed by atoms with Crippen LogP contribution in [0.4, 0.5) is 0 Å². The van der Waals surface area contributed by atoms with Crippen LogP contribution in [0, 0.1) is 5.41 Å². The molecule has 0 saturated carbocycles. The summed E-state index contributed by atoms with van der Waals surface area (Å²) in [6, 6.07) is -3.28. The fraction of sp³-hybridized carbons (Fsp3) is 0.867. The second kappa shape index (κ2) is 65.1. The molecular formula is C83H151N11O29. The van der Waals surface area contributed by atoms with E-state index in [2.05, 4.69) is 79.3 Å². The predicted molar refractivity (Wildman–Crippen MR) is 446 cm³/mol. The summed E-state index contributed by atoms with van der Waals surface area (Å²) < 4.78 is 52.3. The van der Waals surface area contributed by atoms with E-state index in [1.807, 2.05) is 0 Å². The highest BCUT2D eigenvalue weighted by atomic mass is 16.7. The van der Waals surface area contributed by atoms with Crippen LogP contribution in [0.1, 0.15) is 234 Å². The summed E-state index contributed by atoms with van der Waals surface area (Å²) in [4.78, 5) is 139. The van der Waals surface area contributed by atoms with Crippen LogP contribution < -0.4 is 58.5 Å². The summed E-state index contributed by atoms with van der Waals surface area (Å²) in [5.41, 5.74) is -1.08. The number of amides is 11. The molecule has 40 heteroatoms. The first-order valence-electron chi connectivity index (χ1n) is 44.3. The van der Waals surface area contributed by atoms with E-state index in [1.165, 1.54) is 33.6 Å². The van der Waals surface area contributed by atoms with Gasteiger partial charge in [-0.15, -0.1) is 0 Å². The average molecular weight is 1770 g/mol. The summed E-state index contributed by atoms with van der Waals surface area (Å²) >= 11 is 0. The molecule has 712 valence electrons. The summed E-state index contributed by atoms with van der Waals surface area (Å²) in [6.45, 7) is 9.90. The standard InChI is InChI=1S/C83H151N11O29/c1-56(98)91-70-76(112)73(109)59(50-95)121-79(70)118-44-22-17-29-63(102)85-38-25-41-88-66(105)33-47-115-53-83(94-69(108)32-16-12-10-8-7-9-11-15-28-62(101)84-37-21-14-13-20-36-82(4,5)6,54-116-48-34-67(106)89-42-26-39-86-64(103)30-18-23-45-119-80-71(92-57(2)99)77(113)74(110)60(51-96)122-80)55-117-49-35-68(107)90-43-27-40-87-65(104)31-19-24-46-120-81-72(93-58(3)100)78(114)75(111)61(52-97)123-81/h59-61,70-81,95-97,109-114H,7-55H2,1-6H3,(H,84,101)(H,85,102)(H,86,103)(H,87,104)(H,88,105)(H,89,106)(H,90,107)(H,91,98)(H,92,99)(H,93,100)(H,94,108)/t59?,60?,61?,70?,71?,72?,73-,74-,75-,76+,77+,78+,79+,80+,81+,83?/m0/s1. The highest BCUT2D eigenvalue weighted by Crippen LogP contribution is 2.27. The topological polar surface area (TPSA) is 585 Å². The summed E-state index contributed by atoms with van der Waals surface area (Å²) in [7, 11) is 0. The predicted octanol–water partition coefficient (Wildman–Crippen LogP) is -1.67. The molecule has 40 nitrogen and oxygen atoms in total. The maximum absolute atomic E-state index is 14.1. The Balaban J connectivity index is 1.59. The van der Waals surface area contributed by atoms with Crippen molar-refractivity contribution < 1.29 is 141 Å². The quantitative estimate of drug-likeness (QED) is 0.0303. The molecule has 0 aromatic carbocycles. The average Bonchev–Trinajstić information content (AvgIpc) is 0.819. The van der Waals surface area contributed by atoms with Crippen LogP contribution in [0.25, 0.3) is 0 Å². The van der Waals surface area contributed by atoms with Gasteiger partial charge < -0.3 is 147 Å². The molecule has 20 N–H and O–H groups in total. The Bertz CT molecular complexity index is 2760. The van der Waals surface area contributed by atoms with Crippen LogP contribution in [-0.4, -0.2) is 334 Å². The first-order valence-corrected chi connectivity index (χ1v) is 44.3. The maximum Gasteiger partial charge on any atom is 0.222 e. The smallest absolute Gasteiger partial charge is 0.222 e. The van der Waals surface area contributed by atoms with Crippen molar-refractivity contribution in [2.75, 3.05) is 125 Å². The lowest BCUT2D eigenvalue weighted by Gasteiger charge is -2.42. The second-order valence-corrected chi connectivity index (χ2v) is 33.1. The van der Waals surface area contributed by atoms with Gasteiger partial charge in [0.05, 0.1) is 59.5 Å². The van der Waals surface area contributed by atoms with E-state index in [4.69, 9.17) is 42.6 Å². The Morgan fingerprint density at radius 3 is 0.813 bits per heavy atom. The molecule has 123 heavy (non-hydrogen) atoms. The van der Waals surface area contributed by atoms with Gasteiger partial charge in [-0.05, 0) is 88.9 Å². The number of rotatable bonds is 69. The minimum atomic E-state index is -1.46. The van der Waals surface area contributed by atoms with Crippen LogP contribution >= 0.6 is 0 Å². The summed E-state index contributed by atoms with van der Waals surface area (Å²) in [6.07, 6.45) is 1.17. The largest absolute Gasteiger partial charge is 0.394 e. The van der Waals surface area contributed by atoms with Gasteiger partial charge in [0.2, 0.25) is 65.0 Å². The Morgan fingerprint density at radius 2 is 0.537 bits per heavy atom. The van der Waals surface area contributed by atoms with E-state index >= 15 is 0 Å². The third-order valence-electron chi connectivity index (χ3n) is 20.7. The van der Waals surface area contributed by atoms with Gasteiger partial charge in [0.15, 0.2) is 18.9 Å². The van der Waals surface area contributed by atoms with Crippen molar-refractivity contribution in [2.24, 2.45) is 5.41 Å². The SMILES string of the molecule is CC(=O)NC1[C@H](OCCCCC(=O)NCCCNC(=O)CCOCC(COCCC(=O)NCCCNC(=O)CCCCO[C@@H]2OC(CO)[C@H](O)[C@H](O)C2NC(C)=O)(COCCC(=O)NCCCNC(=O)CCCCO[C@@H]2OC(CO)[C@H](O)[C@H](O)C2NC(C)=O)NC(=O)CCCCCCCCCCC(=O)NCCCCCCC(C)(C)C)OC(CO)[C@H](O)[C@@H]1O. The van der Waals surface area contributed by atoms with Gasteiger partial charge in [0.25, 0.3) is 0 Å². The number of ether oxygens (including phenoxy) is 9. The molecule has 0 aromatic rings. The zero-order valence-corrected chi connectivity index (χ0v) is 73.5. The molecule has 3 heterocycles. The minimum Gasteiger partial charge on any atom is -0.394 e. The van der Waals surface area contributed by atoms with Crippen LogP contribution in [0.2, 0.25) is 0 Å². The van der Waals surface area contributed by atoms with Gasteiger partial charge in [-0.1, -0.05) is 78.6 Å². The molecule has 0 aromatic heterocycles. The molecule has 11 amide bonds. The zero-order valence-electron chi connectivity index (χ0n) is 73.5. The lowest BCUT2D eigenvalue weighted by molar-refractivity contribution is -0.270. The number of carbonyl (C=O) groups is 11. The molecule has 0 aliphatic carbocycles. The number of unbranched alkanes of at least 4 members (excludes halogenated alkanes) is 13. The van der Waals surface area contributed by atoms with Crippen LogP contribution in [0.15, 0.2) is 0 Å². The van der Waals surface area contributed by atoms with E-state index < -0.39 is 135 Å². The third-order valence-corrected chi connectivity index (χ3v) is 20.7. The van der Waals surface area contributed by atoms with Gasteiger partial charge in [0.1, 0.15) is 78.6 Å². The summed E-state index contributed by atoms with van der Waals surface area (Å²) in [5.74, 6) is -3.58. The highest BCUT2D eigenvalue weighted by molar-refractivity contribution is 5.79. The van der Waals surface area contributed by atoms with E-state index in [-0.39, 0.29) is 191 Å². The molecule has 0 radical (unpaired) electrons. The highest BCUT2D eigenvalue weighted by Gasteiger charge is 2.48. The molecule has 0 bridgehead atoms. The Labute approximate surface area is 724 Å². The molecule has 6 unspecified atom stereocenters. The Kier molecular flexibility index (Phi) is 58.5. The lowest BCUT2D eigenvalue weighted by Crippen LogP contribution is -2.64. The van der Waals surface area contributed by atoms with Crippen molar-refractivity contribution in [1.82, 2.24) is 58.5 Å². The number of hydrogen-bond donors (Lipinski definition) is 20. The Hall–Kier alpha value is -6.55. The van der Waals surface area contributed by atoms with Gasteiger partial charge in [-0.3, -0.25) is 52.7 Å². The second-order valence-electron chi connectivity index (χ2n) is 33.1. The fourth-order valence-corrected chi connectivity index (χ4v) is 13.7. The van der Waals surface area contributed by atoms with Gasteiger partial charge in [0, 0.05) is 138 Å². The molecule has 3 rings (SSSR count). The molecule has 3 saturated heterocycles. The van der Waals surface area contributed by atoms with Crippen molar-refractivity contribution in [1.29, 1.82) is 0 Å². The number of aliphatic hydroxyl groups is 9. The van der Waals surface area contributed by atoms with E-state index in [0.717, 1.165) is 64.2 Å². The number of carbonyl (C=O) groups excluding carboxylic acids is 11. The molecule has 3 aliphatic rings. The van der Waals surface area contributed by atoms with Crippen molar-refractivity contribution in [3.8, 4) is 0 Å². The van der Waals surface area contributed by atoms with Crippen LogP contribution in [-0.2, 0) is 95.4 Å². The maximum atomic E-state index is 14.1. The molecule has 15 atom stereocenters. The van der Waals surface area contributed by atoms with E-state index in [9.17, 15) is 98.7 Å². The molecule has 3 aliphatic heterocycles. The molecular weight excluding hydrogens is 1610 g/mol. The summed E-state index contributed by atoms with van der Waals surface area (Å²) in [5, 5.41) is 122. The first-order chi connectivity index (χ1) is 58.8. The van der Waals surface area contributed by atoms with Crippen LogP contribution in [0.5, 0.6) is 0 Å². The molecule has 3 fully saturated rings. The third kappa shape index (κ3) is 50.0. The normalized spacial score (nSPS) is 23.2. The number of hydrogen-bond acceptors (Lipinski definition) is 29. The first kappa shape index (κ1) is 111. The van der Waals surface area contributed by atoms with Gasteiger partial charge >= 0.3 is 0 Å². The van der Waals surface area contributed by atoms with Crippen LogP contribution in [0.3, 0.4) is 0 Å². The van der Waals surface area contributed by atoms with Gasteiger partial charge in [-0.2, -0.15) is 0 Å². The van der Waals surface area contributed by atoms with Crippen molar-refractivity contribution in [3.05, 3.63) is 0 Å². The van der Waals surface area contributed by atoms with E-state index in [1.54, 1.807) is 0 Å². The zero-order chi connectivity index (χ0) is 90.8. The van der Waals surface area contributed by atoms with Crippen molar-refractivity contribution in [3.63, 3.8) is 0 Å². The van der Waals surface area contributed by atoms with Gasteiger partial charge in [-0.25, -0.2) is 0 Å². The minimum absolute atomic E-state index is 0.0785. The fourth-order valence-electron chi connectivity index (χ4n) is 13.7. The molecule has 0 spiro atoms. The number of nitrogens with one attached hydrogen (secondary N) is 11. The lowest BCUT2D eigenvalue weighted by atomic mass is 9.89. The van der Waals surface area contributed by atoms with Crippen molar-refractivity contribution in [2.45, 2.75) is 332 Å². The monoisotopic (exact) mass is 1770 g/mol.